The van der Waals surface area contributed by atoms with Gasteiger partial charge in [0.1, 0.15) is 6.04 Å². The molecule has 7 nitrogen and oxygen atoms in total. The summed E-state index contributed by atoms with van der Waals surface area (Å²) in [6.45, 7) is 5.06. The summed E-state index contributed by atoms with van der Waals surface area (Å²) in [7, 11) is 0. The zero-order chi connectivity index (χ0) is 19.6. The van der Waals surface area contributed by atoms with Gasteiger partial charge in [-0.3, -0.25) is 9.69 Å². The zero-order valence-corrected chi connectivity index (χ0v) is 15.7. The molecule has 1 aliphatic heterocycles. The number of amides is 3. The van der Waals surface area contributed by atoms with Gasteiger partial charge in [0.25, 0.3) is 0 Å². The fourth-order valence-corrected chi connectivity index (χ4v) is 2.99. The van der Waals surface area contributed by atoms with E-state index in [1.54, 1.807) is 0 Å². The van der Waals surface area contributed by atoms with Crippen LogP contribution >= 0.6 is 0 Å². The minimum absolute atomic E-state index is 0.0368. The van der Waals surface area contributed by atoms with Crippen molar-refractivity contribution in [1.29, 1.82) is 0 Å². The maximum Gasteiger partial charge on any atom is 0.315 e. The second-order valence-electron chi connectivity index (χ2n) is 6.77. The minimum atomic E-state index is -1.07. The highest BCUT2D eigenvalue weighted by Gasteiger charge is 2.25. The molecule has 1 heterocycles. The highest BCUT2D eigenvalue weighted by atomic mass is 16.3. The number of carbonyl (C=O) groups excluding carboxylic acids is 2. The third kappa shape index (κ3) is 6.93. The summed E-state index contributed by atoms with van der Waals surface area (Å²) in [5.74, 6) is 1.75. The number of aliphatic hydroxyl groups excluding tert-OH is 1. The molecule has 1 fully saturated rings. The highest BCUT2D eigenvalue weighted by Crippen LogP contribution is 2.13. The first kappa shape index (κ1) is 20.7. The number of likely N-dealkylation sites (tertiary alicyclic amines) is 1. The van der Waals surface area contributed by atoms with Crippen LogP contribution in [0.1, 0.15) is 30.9 Å². The van der Waals surface area contributed by atoms with Crippen LogP contribution in [-0.2, 0) is 17.9 Å². The summed E-state index contributed by atoms with van der Waals surface area (Å²) in [4.78, 5) is 26.4. The van der Waals surface area contributed by atoms with Gasteiger partial charge < -0.3 is 21.1 Å². The van der Waals surface area contributed by atoms with Gasteiger partial charge >= 0.3 is 6.03 Å². The Morgan fingerprint density at radius 2 is 1.81 bits per heavy atom. The highest BCUT2D eigenvalue weighted by molar-refractivity contribution is 5.87. The van der Waals surface area contributed by atoms with E-state index in [1.807, 2.05) is 12.1 Å². The van der Waals surface area contributed by atoms with Crippen LogP contribution in [0.15, 0.2) is 24.3 Å². The largest absolute Gasteiger partial charge is 0.391 e. The third-order valence-electron chi connectivity index (χ3n) is 4.50. The number of hydrogen-bond acceptors (Lipinski definition) is 4. The van der Waals surface area contributed by atoms with E-state index in [4.69, 9.17) is 6.42 Å². The van der Waals surface area contributed by atoms with E-state index < -0.39 is 24.1 Å². The van der Waals surface area contributed by atoms with Crippen molar-refractivity contribution >= 4 is 11.9 Å². The molecule has 0 spiro atoms. The molecular weight excluding hydrogens is 344 g/mol. The predicted molar refractivity (Wildman–Crippen MR) is 104 cm³/mol. The summed E-state index contributed by atoms with van der Waals surface area (Å²) in [5.41, 5.74) is 2.21. The molecule has 0 radical (unpaired) electrons. The van der Waals surface area contributed by atoms with Crippen molar-refractivity contribution in [3.63, 3.8) is 0 Å². The fourth-order valence-electron chi connectivity index (χ4n) is 2.99. The maximum atomic E-state index is 12.0. The molecule has 1 aromatic rings. The van der Waals surface area contributed by atoms with Crippen LogP contribution in [0.25, 0.3) is 0 Å². The first-order chi connectivity index (χ1) is 13.0. The molecular formula is C20H28N4O3. The Balaban J connectivity index is 1.79. The molecule has 27 heavy (non-hydrogen) atoms. The number of rotatable bonds is 8. The Morgan fingerprint density at radius 3 is 2.41 bits per heavy atom. The number of aliphatic hydroxyl groups is 1. The lowest BCUT2D eigenvalue weighted by Crippen LogP contribution is -2.54. The van der Waals surface area contributed by atoms with E-state index in [9.17, 15) is 14.7 Å². The molecule has 0 aliphatic carbocycles. The van der Waals surface area contributed by atoms with Crippen LogP contribution in [-0.4, -0.2) is 53.7 Å². The topological polar surface area (TPSA) is 93.7 Å². The van der Waals surface area contributed by atoms with Gasteiger partial charge in [0, 0.05) is 13.1 Å². The second-order valence-corrected chi connectivity index (χ2v) is 6.77. The Bertz CT molecular complexity index is 661. The first-order valence-corrected chi connectivity index (χ1v) is 9.23. The summed E-state index contributed by atoms with van der Waals surface area (Å²) in [6, 6.07) is 6.51. The maximum absolute atomic E-state index is 12.0. The number of nitrogens with zero attached hydrogens (tertiary/aromatic N) is 1. The Kier molecular flexibility index (Phi) is 8.11. The van der Waals surface area contributed by atoms with Crippen molar-refractivity contribution in [2.45, 2.75) is 45.0 Å². The van der Waals surface area contributed by atoms with E-state index in [0.29, 0.717) is 6.54 Å². The van der Waals surface area contributed by atoms with Crippen molar-refractivity contribution in [2.24, 2.45) is 0 Å². The molecule has 2 rings (SSSR count). The summed E-state index contributed by atoms with van der Waals surface area (Å²) >= 11 is 0. The van der Waals surface area contributed by atoms with Gasteiger partial charge in [-0.25, -0.2) is 4.79 Å². The van der Waals surface area contributed by atoms with Crippen LogP contribution in [0, 0.1) is 12.3 Å². The predicted octanol–water partition coefficient (Wildman–Crippen LogP) is 0.580. The number of urea groups is 1. The quantitative estimate of drug-likeness (QED) is 0.502. The normalized spacial score (nSPS) is 16.2. The minimum Gasteiger partial charge on any atom is -0.391 e. The monoisotopic (exact) mass is 372 g/mol. The SMILES string of the molecule is C#CCNC(=O)[C@@H](NC(=O)NCc1ccc(CN2CCCC2)cc1)[C@@H](C)O. The summed E-state index contributed by atoms with van der Waals surface area (Å²) in [5, 5.41) is 17.3. The lowest BCUT2D eigenvalue weighted by atomic mass is 10.1. The average Bonchev–Trinajstić information content (AvgIpc) is 3.16. The second kappa shape index (κ2) is 10.6. The molecule has 0 bridgehead atoms. The Morgan fingerprint density at radius 1 is 1.19 bits per heavy atom. The molecule has 0 aromatic heterocycles. The number of hydrogen-bond donors (Lipinski definition) is 4. The molecule has 7 heteroatoms. The number of terminal acetylenes is 1. The molecule has 0 unspecified atom stereocenters. The zero-order valence-electron chi connectivity index (χ0n) is 15.7. The van der Waals surface area contributed by atoms with Crippen molar-refractivity contribution in [3.8, 4) is 12.3 Å². The van der Waals surface area contributed by atoms with Gasteiger partial charge in [-0.2, -0.15) is 0 Å². The van der Waals surface area contributed by atoms with Crippen LogP contribution in [0.2, 0.25) is 0 Å². The molecule has 4 N–H and O–H groups in total. The van der Waals surface area contributed by atoms with E-state index >= 15 is 0 Å². The molecule has 2 atom stereocenters. The van der Waals surface area contributed by atoms with Crippen LogP contribution in [0.4, 0.5) is 4.79 Å². The van der Waals surface area contributed by atoms with Crippen LogP contribution < -0.4 is 16.0 Å². The van der Waals surface area contributed by atoms with Crippen molar-refractivity contribution in [1.82, 2.24) is 20.9 Å². The lowest BCUT2D eigenvalue weighted by molar-refractivity contribution is -0.124. The average molecular weight is 372 g/mol. The number of carbonyl (C=O) groups is 2. The molecule has 1 saturated heterocycles. The third-order valence-corrected chi connectivity index (χ3v) is 4.50. The first-order valence-electron chi connectivity index (χ1n) is 9.23. The number of nitrogens with one attached hydrogen (secondary N) is 3. The lowest BCUT2D eigenvalue weighted by Gasteiger charge is -2.20. The number of benzene rings is 1. The van der Waals surface area contributed by atoms with Gasteiger partial charge in [-0.1, -0.05) is 30.2 Å². The molecule has 146 valence electrons. The van der Waals surface area contributed by atoms with Crippen LogP contribution in [0.5, 0.6) is 0 Å². The molecule has 3 amide bonds. The van der Waals surface area contributed by atoms with Gasteiger partial charge in [0.2, 0.25) is 5.91 Å². The molecule has 1 aliphatic rings. The van der Waals surface area contributed by atoms with E-state index in [-0.39, 0.29) is 6.54 Å². The smallest absolute Gasteiger partial charge is 0.315 e. The molecule has 0 saturated carbocycles. The van der Waals surface area contributed by atoms with Gasteiger partial charge in [0.05, 0.1) is 12.6 Å². The van der Waals surface area contributed by atoms with E-state index in [1.165, 1.54) is 25.3 Å². The van der Waals surface area contributed by atoms with Crippen molar-refractivity contribution in [3.05, 3.63) is 35.4 Å². The Hall–Kier alpha value is -2.56. The summed E-state index contributed by atoms with van der Waals surface area (Å²) < 4.78 is 0. The van der Waals surface area contributed by atoms with Crippen molar-refractivity contribution in [2.75, 3.05) is 19.6 Å². The van der Waals surface area contributed by atoms with E-state index in [0.717, 1.165) is 25.2 Å². The van der Waals surface area contributed by atoms with Gasteiger partial charge in [0.15, 0.2) is 0 Å². The fraction of sp³-hybridized carbons (Fsp3) is 0.500. The standard InChI is InChI=1S/C20H28N4O3/c1-3-10-21-19(26)18(15(2)25)23-20(27)22-13-16-6-8-17(9-7-16)14-24-11-4-5-12-24/h1,6-9,15,18,25H,4-5,10-14H2,2H3,(H,21,26)(H2,22,23,27)/t15-,18+/m1/s1. The van der Waals surface area contributed by atoms with Gasteiger partial charge in [-0.05, 0) is 44.0 Å². The van der Waals surface area contributed by atoms with Gasteiger partial charge in [-0.15, -0.1) is 6.42 Å². The Labute approximate surface area is 160 Å². The van der Waals surface area contributed by atoms with Crippen molar-refractivity contribution < 1.29 is 14.7 Å². The van der Waals surface area contributed by atoms with E-state index in [2.05, 4.69) is 38.9 Å². The summed E-state index contributed by atoms with van der Waals surface area (Å²) in [6.07, 6.45) is 6.59. The molecule has 1 aromatic carbocycles. The van der Waals surface area contributed by atoms with Crippen LogP contribution in [0.3, 0.4) is 0 Å².